The number of halogens is 1. The summed E-state index contributed by atoms with van der Waals surface area (Å²) in [4.78, 5) is 13.7. The predicted molar refractivity (Wildman–Crippen MR) is 77.4 cm³/mol. The smallest absolute Gasteiger partial charge is 0.311 e. The topological polar surface area (TPSA) is 40.5 Å². The first-order chi connectivity index (χ1) is 9.57. The maximum atomic E-state index is 13.4. The summed E-state index contributed by atoms with van der Waals surface area (Å²) in [6, 6.07) is 6.39. The van der Waals surface area contributed by atoms with Crippen LogP contribution < -0.4 is 4.90 Å². The third kappa shape index (κ3) is 3.11. The van der Waals surface area contributed by atoms with Crippen LogP contribution in [0.15, 0.2) is 24.3 Å². The second-order valence-corrected chi connectivity index (χ2v) is 5.64. The van der Waals surface area contributed by atoms with Crippen LogP contribution >= 0.6 is 0 Å². The first-order valence-electron chi connectivity index (χ1n) is 7.31. The normalized spacial score (nSPS) is 17.7. The predicted octanol–water partition coefficient (Wildman–Crippen LogP) is 3.69. The van der Waals surface area contributed by atoms with Crippen LogP contribution in [-0.2, 0) is 4.79 Å². The first-order valence-corrected chi connectivity index (χ1v) is 7.31. The molecule has 1 aliphatic carbocycles. The van der Waals surface area contributed by atoms with Gasteiger partial charge in [0.15, 0.2) is 0 Å². The lowest BCUT2D eigenvalue weighted by molar-refractivity contribution is -0.150. The minimum atomic E-state index is -0.716. The van der Waals surface area contributed by atoms with E-state index in [0.29, 0.717) is 25.9 Å². The number of hydrogen-bond donors (Lipinski definition) is 1. The van der Waals surface area contributed by atoms with E-state index < -0.39 is 11.4 Å². The highest BCUT2D eigenvalue weighted by Gasteiger charge is 2.40. The van der Waals surface area contributed by atoms with Crippen molar-refractivity contribution in [3.8, 4) is 0 Å². The molecule has 0 atom stereocenters. The summed E-state index contributed by atoms with van der Waals surface area (Å²) < 4.78 is 13.4. The molecule has 0 unspecified atom stereocenters. The van der Waals surface area contributed by atoms with Crippen molar-refractivity contribution in [3.63, 3.8) is 0 Å². The molecule has 1 saturated carbocycles. The van der Waals surface area contributed by atoms with E-state index in [4.69, 9.17) is 0 Å². The number of carboxylic acids is 1. The molecule has 1 aromatic carbocycles. The zero-order chi connectivity index (χ0) is 14.6. The van der Waals surface area contributed by atoms with Crippen LogP contribution in [0.4, 0.5) is 10.1 Å². The van der Waals surface area contributed by atoms with Crippen LogP contribution in [0.2, 0.25) is 0 Å². The number of nitrogens with zero attached hydrogens (tertiary/aromatic N) is 1. The van der Waals surface area contributed by atoms with Crippen molar-refractivity contribution >= 4 is 11.7 Å². The number of benzene rings is 1. The van der Waals surface area contributed by atoms with Gasteiger partial charge in [-0.2, -0.15) is 0 Å². The van der Waals surface area contributed by atoms with Crippen molar-refractivity contribution in [3.05, 3.63) is 30.1 Å². The average molecular weight is 279 g/mol. The fourth-order valence-corrected chi connectivity index (χ4v) is 3.09. The lowest BCUT2D eigenvalue weighted by Gasteiger charge is -2.38. The summed E-state index contributed by atoms with van der Waals surface area (Å²) in [5, 5.41) is 9.63. The van der Waals surface area contributed by atoms with Crippen molar-refractivity contribution in [1.82, 2.24) is 0 Å². The third-order valence-electron chi connectivity index (χ3n) is 4.31. The summed E-state index contributed by atoms with van der Waals surface area (Å²) in [6.07, 6.45) is 4.48. The van der Waals surface area contributed by atoms with Crippen LogP contribution in [0.1, 0.15) is 39.0 Å². The Hall–Kier alpha value is -1.58. The molecule has 0 amide bonds. The van der Waals surface area contributed by atoms with Crippen LogP contribution in [0.25, 0.3) is 0 Å². The number of carboxylic acid groups (broad SMARTS) is 1. The van der Waals surface area contributed by atoms with Gasteiger partial charge in [0.1, 0.15) is 5.82 Å². The van der Waals surface area contributed by atoms with Crippen molar-refractivity contribution in [2.75, 3.05) is 18.0 Å². The van der Waals surface area contributed by atoms with Gasteiger partial charge in [0.05, 0.1) is 5.41 Å². The second kappa shape index (κ2) is 6.25. The Balaban J connectivity index is 2.21. The van der Waals surface area contributed by atoms with Gasteiger partial charge >= 0.3 is 5.97 Å². The highest BCUT2D eigenvalue weighted by molar-refractivity contribution is 5.76. The molecule has 1 fully saturated rings. The Bertz CT molecular complexity index is 469. The molecule has 0 aliphatic heterocycles. The highest BCUT2D eigenvalue weighted by Crippen LogP contribution is 2.38. The maximum Gasteiger partial charge on any atom is 0.311 e. The van der Waals surface area contributed by atoms with Gasteiger partial charge in [-0.3, -0.25) is 4.79 Å². The van der Waals surface area contributed by atoms with Crippen molar-refractivity contribution in [1.29, 1.82) is 0 Å². The summed E-state index contributed by atoms with van der Waals surface area (Å²) in [6.45, 7) is 3.12. The van der Waals surface area contributed by atoms with E-state index >= 15 is 0 Å². The Morgan fingerprint density at radius 1 is 1.35 bits per heavy atom. The quantitative estimate of drug-likeness (QED) is 0.893. The fourth-order valence-electron chi connectivity index (χ4n) is 3.09. The number of anilines is 1. The summed E-state index contributed by atoms with van der Waals surface area (Å²) in [7, 11) is 0. The van der Waals surface area contributed by atoms with Gasteiger partial charge < -0.3 is 10.0 Å². The van der Waals surface area contributed by atoms with Gasteiger partial charge in [-0.05, 0) is 38.0 Å². The summed E-state index contributed by atoms with van der Waals surface area (Å²) in [5.41, 5.74) is 0.0827. The molecule has 0 radical (unpaired) electrons. The molecule has 110 valence electrons. The SMILES string of the molecule is CCN(CC1(C(=O)O)CCCCC1)c1cccc(F)c1. The van der Waals surface area contributed by atoms with Crippen LogP contribution in [0.5, 0.6) is 0 Å². The van der Waals surface area contributed by atoms with Crippen LogP contribution in [-0.4, -0.2) is 24.2 Å². The zero-order valence-electron chi connectivity index (χ0n) is 11.9. The van der Waals surface area contributed by atoms with Gasteiger partial charge in [0.25, 0.3) is 0 Å². The minimum absolute atomic E-state index is 0.283. The zero-order valence-corrected chi connectivity index (χ0v) is 11.9. The van der Waals surface area contributed by atoms with Gasteiger partial charge in [-0.15, -0.1) is 0 Å². The number of rotatable bonds is 5. The molecule has 2 rings (SSSR count). The third-order valence-corrected chi connectivity index (χ3v) is 4.31. The van der Waals surface area contributed by atoms with E-state index in [2.05, 4.69) is 0 Å². The Kier molecular flexibility index (Phi) is 4.63. The largest absolute Gasteiger partial charge is 0.481 e. The Morgan fingerprint density at radius 3 is 2.60 bits per heavy atom. The molecule has 0 aromatic heterocycles. The Morgan fingerprint density at radius 2 is 2.05 bits per heavy atom. The van der Waals surface area contributed by atoms with E-state index in [1.807, 2.05) is 17.9 Å². The molecule has 0 heterocycles. The molecule has 3 nitrogen and oxygen atoms in total. The lowest BCUT2D eigenvalue weighted by Crippen LogP contribution is -2.44. The summed E-state index contributed by atoms with van der Waals surface area (Å²) in [5.74, 6) is -0.999. The van der Waals surface area contributed by atoms with E-state index in [1.165, 1.54) is 12.1 Å². The van der Waals surface area contributed by atoms with Gasteiger partial charge in [-0.1, -0.05) is 25.3 Å². The van der Waals surface area contributed by atoms with E-state index in [0.717, 1.165) is 24.9 Å². The number of carbonyl (C=O) groups is 1. The van der Waals surface area contributed by atoms with E-state index in [9.17, 15) is 14.3 Å². The molecule has 0 spiro atoms. The lowest BCUT2D eigenvalue weighted by atomic mass is 9.73. The van der Waals surface area contributed by atoms with Crippen molar-refractivity contribution < 1.29 is 14.3 Å². The van der Waals surface area contributed by atoms with Gasteiger partial charge in [0, 0.05) is 18.8 Å². The van der Waals surface area contributed by atoms with Gasteiger partial charge in [-0.25, -0.2) is 4.39 Å². The minimum Gasteiger partial charge on any atom is -0.481 e. The molecular weight excluding hydrogens is 257 g/mol. The fraction of sp³-hybridized carbons (Fsp3) is 0.562. The monoisotopic (exact) mass is 279 g/mol. The molecule has 0 bridgehead atoms. The molecule has 20 heavy (non-hydrogen) atoms. The molecular formula is C16H22FNO2. The second-order valence-electron chi connectivity index (χ2n) is 5.64. The first kappa shape index (κ1) is 14.8. The number of aliphatic carboxylic acids is 1. The molecule has 1 aromatic rings. The van der Waals surface area contributed by atoms with Crippen LogP contribution in [0, 0.1) is 11.2 Å². The van der Waals surface area contributed by atoms with E-state index in [1.54, 1.807) is 6.07 Å². The standard InChI is InChI=1S/C16H22FNO2/c1-2-18(14-8-6-7-13(17)11-14)12-16(15(19)20)9-4-3-5-10-16/h6-8,11H,2-5,9-10,12H2,1H3,(H,19,20). The highest BCUT2D eigenvalue weighted by atomic mass is 19.1. The van der Waals surface area contributed by atoms with Crippen molar-refractivity contribution in [2.24, 2.45) is 5.41 Å². The van der Waals surface area contributed by atoms with E-state index in [-0.39, 0.29) is 5.82 Å². The number of hydrogen-bond acceptors (Lipinski definition) is 2. The van der Waals surface area contributed by atoms with Crippen molar-refractivity contribution in [2.45, 2.75) is 39.0 Å². The Labute approximate surface area is 119 Å². The molecule has 0 saturated heterocycles. The molecule has 1 aliphatic rings. The van der Waals surface area contributed by atoms with Gasteiger partial charge in [0.2, 0.25) is 0 Å². The molecule has 4 heteroatoms. The summed E-state index contributed by atoms with van der Waals surface area (Å²) >= 11 is 0. The average Bonchev–Trinajstić information content (AvgIpc) is 2.45. The maximum absolute atomic E-state index is 13.4. The molecule has 1 N–H and O–H groups in total. The van der Waals surface area contributed by atoms with Crippen LogP contribution in [0.3, 0.4) is 0 Å².